The number of anilines is 1. The van der Waals surface area contributed by atoms with Gasteiger partial charge in [0.1, 0.15) is 6.54 Å². The lowest BCUT2D eigenvalue weighted by atomic mass is 10.1. The lowest BCUT2D eigenvalue weighted by Crippen LogP contribution is -2.26. The number of amides is 1. The highest BCUT2D eigenvalue weighted by Gasteiger charge is 2.10. The van der Waals surface area contributed by atoms with E-state index in [9.17, 15) is 9.59 Å². The Bertz CT molecular complexity index is 994. The highest BCUT2D eigenvalue weighted by Crippen LogP contribution is 2.26. The molecular weight excluding hydrogens is 402 g/mol. The number of thiazole rings is 1. The van der Waals surface area contributed by atoms with Crippen molar-refractivity contribution < 1.29 is 4.79 Å². The van der Waals surface area contributed by atoms with Gasteiger partial charge in [-0.15, -0.1) is 11.3 Å². The fourth-order valence-electron chi connectivity index (χ4n) is 2.30. The molecule has 0 saturated carbocycles. The van der Waals surface area contributed by atoms with Crippen LogP contribution in [0.1, 0.15) is 11.1 Å². The average Bonchev–Trinajstić information content (AvgIpc) is 3.02. The Morgan fingerprint density at radius 3 is 2.80 bits per heavy atom. The van der Waals surface area contributed by atoms with Gasteiger partial charge in [-0.3, -0.25) is 9.59 Å². The van der Waals surface area contributed by atoms with Gasteiger partial charge in [-0.1, -0.05) is 12.1 Å². The Morgan fingerprint density at radius 1 is 1.24 bits per heavy atom. The molecule has 25 heavy (non-hydrogen) atoms. The van der Waals surface area contributed by atoms with E-state index in [2.05, 4.69) is 52.2 Å². The van der Waals surface area contributed by atoms with Crippen LogP contribution in [0.2, 0.25) is 0 Å². The maximum atomic E-state index is 12.2. The molecule has 0 unspecified atom stereocenters. The van der Waals surface area contributed by atoms with Gasteiger partial charge in [-0.2, -0.15) is 0 Å². The zero-order valence-corrected chi connectivity index (χ0v) is 16.1. The molecule has 3 rings (SSSR count). The first-order chi connectivity index (χ1) is 11.9. The Hall–Kier alpha value is -2.25. The molecule has 1 N–H and O–H groups in total. The van der Waals surface area contributed by atoms with Crippen LogP contribution in [0.25, 0.3) is 11.3 Å². The minimum absolute atomic E-state index is 0.0587. The van der Waals surface area contributed by atoms with Gasteiger partial charge in [0.25, 0.3) is 5.56 Å². The number of carbonyl (C=O) groups excluding carboxylic acids is 1. The molecule has 128 valence electrons. The summed E-state index contributed by atoms with van der Waals surface area (Å²) in [7, 11) is 0. The normalized spacial score (nSPS) is 10.7. The second-order valence-corrected chi connectivity index (χ2v) is 7.47. The SMILES string of the molecule is Cc1ccc(-c2csc(NC(=O)Cn3cc(Br)ccc3=O)n2)cc1C. The van der Waals surface area contributed by atoms with Crippen molar-refractivity contribution in [2.75, 3.05) is 5.32 Å². The molecule has 7 heteroatoms. The predicted octanol–water partition coefficient (Wildman–Crippen LogP) is 3.99. The molecule has 0 spiro atoms. The van der Waals surface area contributed by atoms with E-state index in [1.807, 2.05) is 11.4 Å². The first-order valence-corrected chi connectivity index (χ1v) is 9.28. The summed E-state index contributed by atoms with van der Waals surface area (Å²) in [5.41, 5.74) is 4.04. The summed E-state index contributed by atoms with van der Waals surface area (Å²) in [6.07, 6.45) is 1.59. The van der Waals surface area contributed by atoms with Crippen molar-refractivity contribution in [3.05, 3.63) is 67.9 Å². The Kier molecular flexibility index (Phi) is 5.15. The van der Waals surface area contributed by atoms with Crippen LogP contribution < -0.4 is 10.9 Å². The number of aryl methyl sites for hydroxylation is 2. The average molecular weight is 418 g/mol. The van der Waals surface area contributed by atoms with Gasteiger partial charge in [0.15, 0.2) is 5.13 Å². The smallest absolute Gasteiger partial charge is 0.251 e. The molecule has 0 aliphatic heterocycles. The molecule has 0 fully saturated rings. The molecule has 0 saturated heterocycles. The van der Waals surface area contributed by atoms with Crippen molar-refractivity contribution in [2.24, 2.45) is 0 Å². The fraction of sp³-hybridized carbons (Fsp3) is 0.167. The van der Waals surface area contributed by atoms with Gasteiger partial charge in [-0.25, -0.2) is 4.98 Å². The number of carbonyl (C=O) groups is 1. The third kappa shape index (κ3) is 4.24. The van der Waals surface area contributed by atoms with E-state index in [0.29, 0.717) is 5.13 Å². The summed E-state index contributed by atoms with van der Waals surface area (Å²) in [6, 6.07) is 9.22. The van der Waals surface area contributed by atoms with E-state index in [1.54, 1.807) is 12.3 Å². The van der Waals surface area contributed by atoms with E-state index >= 15 is 0 Å². The van der Waals surface area contributed by atoms with E-state index in [4.69, 9.17) is 0 Å². The van der Waals surface area contributed by atoms with E-state index in [1.165, 1.54) is 33.1 Å². The standard InChI is InChI=1S/C18H16BrN3O2S/c1-11-3-4-13(7-12(11)2)15-10-25-18(20-15)21-16(23)9-22-8-14(19)5-6-17(22)24/h3-8,10H,9H2,1-2H3,(H,20,21,23). The van der Waals surface area contributed by atoms with Crippen LogP contribution in [-0.2, 0) is 11.3 Å². The number of halogens is 1. The van der Waals surface area contributed by atoms with Gasteiger partial charge in [-0.05, 0) is 53.0 Å². The van der Waals surface area contributed by atoms with Crippen LogP contribution in [0.4, 0.5) is 5.13 Å². The Morgan fingerprint density at radius 2 is 2.04 bits per heavy atom. The van der Waals surface area contributed by atoms with Gasteiger partial charge in [0, 0.05) is 27.7 Å². The lowest BCUT2D eigenvalue weighted by Gasteiger charge is -2.05. The topological polar surface area (TPSA) is 64.0 Å². The number of benzene rings is 1. The molecule has 1 aromatic carbocycles. The molecule has 2 aromatic heterocycles. The molecule has 0 radical (unpaired) electrons. The van der Waals surface area contributed by atoms with Crippen LogP contribution in [0.5, 0.6) is 0 Å². The van der Waals surface area contributed by atoms with Crippen LogP contribution in [0.15, 0.2) is 51.2 Å². The number of pyridine rings is 1. The molecule has 0 bridgehead atoms. The quantitative estimate of drug-likeness (QED) is 0.697. The van der Waals surface area contributed by atoms with Gasteiger partial charge in [0.2, 0.25) is 5.91 Å². The Labute approximate surface area is 157 Å². The summed E-state index contributed by atoms with van der Waals surface area (Å²) in [4.78, 5) is 28.4. The first-order valence-electron chi connectivity index (χ1n) is 7.61. The largest absolute Gasteiger partial charge is 0.305 e. The van der Waals surface area contributed by atoms with Gasteiger partial charge < -0.3 is 9.88 Å². The zero-order valence-electron chi connectivity index (χ0n) is 13.7. The second kappa shape index (κ2) is 7.33. The number of nitrogens with zero attached hydrogens (tertiary/aromatic N) is 2. The fourth-order valence-corrected chi connectivity index (χ4v) is 3.42. The molecule has 0 aliphatic carbocycles. The van der Waals surface area contributed by atoms with Gasteiger partial charge in [0.05, 0.1) is 5.69 Å². The molecule has 1 amide bonds. The highest BCUT2D eigenvalue weighted by molar-refractivity contribution is 9.10. The number of aromatic nitrogens is 2. The molecule has 3 aromatic rings. The number of hydrogen-bond donors (Lipinski definition) is 1. The number of nitrogens with one attached hydrogen (secondary N) is 1. The predicted molar refractivity (Wildman–Crippen MR) is 104 cm³/mol. The van der Waals surface area contributed by atoms with Crippen molar-refractivity contribution in [3.8, 4) is 11.3 Å². The van der Waals surface area contributed by atoms with Crippen molar-refractivity contribution in [3.63, 3.8) is 0 Å². The molecule has 0 atom stereocenters. The van der Waals surface area contributed by atoms with Crippen LogP contribution >= 0.6 is 27.3 Å². The molecule has 5 nitrogen and oxygen atoms in total. The summed E-state index contributed by atoms with van der Waals surface area (Å²) < 4.78 is 2.09. The van der Waals surface area contributed by atoms with Gasteiger partial charge >= 0.3 is 0 Å². The van der Waals surface area contributed by atoms with Crippen LogP contribution in [0.3, 0.4) is 0 Å². The van der Waals surface area contributed by atoms with Crippen LogP contribution in [-0.4, -0.2) is 15.5 Å². The second-order valence-electron chi connectivity index (χ2n) is 5.70. The van der Waals surface area contributed by atoms with Crippen LogP contribution in [0, 0.1) is 13.8 Å². The van der Waals surface area contributed by atoms with Crippen molar-refractivity contribution >= 4 is 38.3 Å². The number of rotatable bonds is 4. The number of hydrogen-bond acceptors (Lipinski definition) is 4. The monoisotopic (exact) mass is 417 g/mol. The van der Waals surface area contributed by atoms with Crippen molar-refractivity contribution in [1.29, 1.82) is 0 Å². The molecule has 0 aliphatic rings. The minimum Gasteiger partial charge on any atom is -0.305 e. The zero-order chi connectivity index (χ0) is 18.0. The molecular formula is C18H16BrN3O2S. The molecule has 2 heterocycles. The lowest BCUT2D eigenvalue weighted by molar-refractivity contribution is -0.116. The summed E-state index contributed by atoms with van der Waals surface area (Å²) in [5, 5.41) is 5.17. The highest BCUT2D eigenvalue weighted by atomic mass is 79.9. The summed E-state index contributed by atoms with van der Waals surface area (Å²) in [6.45, 7) is 4.07. The summed E-state index contributed by atoms with van der Waals surface area (Å²) >= 11 is 4.65. The maximum absolute atomic E-state index is 12.2. The van der Waals surface area contributed by atoms with Crippen molar-refractivity contribution in [1.82, 2.24) is 9.55 Å². The summed E-state index contributed by atoms with van der Waals surface area (Å²) in [5.74, 6) is -0.291. The maximum Gasteiger partial charge on any atom is 0.251 e. The third-order valence-corrected chi connectivity index (χ3v) is 5.04. The van der Waals surface area contributed by atoms with E-state index in [-0.39, 0.29) is 18.0 Å². The third-order valence-electron chi connectivity index (χ3n) is 3.81. The minimum atomic E-state index is -0.291. The van der Waals surface area contributed by atoms with Crippen molar-refractivity contribution in [2.45, 2.75) is 20.4 Å². The van der Waals surface area contributed by atoms with E-state index in [0.717, 1.165) is 15.7 Å². The van der Waals surface area contributed by atoms with E-state index < -0.39 is 0 Å². The Balaban J connectivity index is 1.72. The first kappa shape index (κ1) is 17.6.